The lowest BCUT2D eigenvalue weighted by molar-refractivity contribution is -0.120. The first kappa shape index (κ1) is 19.3. The minimum Gasteiger partial charge on any atom is -0.432 e. The van der Waals surface area contributed by atoms with Crippen molar-refractivity contribution >= 4 is 17.5 Å². The lowest BCUT2D eigenvalue weighted by Gasteiger charge is -2.18. The molecule has 0 aromatic heterocycles. The average molecular weight is 366 g/mol. The van der Waals surface area contributed by atoms with Crippen LogP contribution < -0.4 is 15.4 Å². The van der Waals surface area contributed by atoms with E-state index in [4.69, 9.17) is 0 Å². The highest BCUT2D eigenvalue weighted by Crippen LogP contribution is 2.24. The summed E-state index contributed by atoms with van der Waals surface area (Å²) in [7, 11) is 0. The Morgan fingerprint density at radius 2 is 1.81 bits per heavy atom. The monoisotopic (exact) mass is 366 g/mol. The minimum absolute atomic E-state index is 0.0828. The quantitative estimate of drug-likeness (QED) is 0.786. The van der Waals surface area contributed by atoms with Gasteiger partial charge in [-0.2, -0.15) is 8.78 Å². The maximum atomic E-state index is 13.7. The van der Waals surface area contributed by atoms with Gasteiger partial charge in [0.1, 0.15) is 0 Å². The predicted molar refractivity (Wildman–Crippen MR) is 89.3 cm³/mol. The predicted octanol–water partition coefficient (Wildman–Crippen LogP) is 3.63. The van der Waals surface area contributed by atoms with Crippen LogP contribution in [0.15, 0.2) is 48.5 Å². The minimum atomic E-state index is -3.14. The molecule has 0 aliphatic rings. The number of ether oxygens (including phenoxy) is 1. The molecule has 0 aliphatic carbocycles. The third-order valence-corrected chi connectivity index (χ3v) is 3.40. The van der Waals surface area contributed by atoms with Crippen molar-refractivity contribution in [2.75, 3.05) is 5.32 Å². The van der Waals surface area contributed by atoms with Crippen molar-refractivity contribution < 1.29 is 27.5 Å². The summed E-state index contributed by atoms with van der Waals surface area (Å²) < 4.78 is 42.0. The Morgan fingerprint density at radius 1 is 1.12 bits per heavy atom. The van der Waals surface area contributed by atoms with Gasteiger partial charge in [-0.25, -0.2) is 4.39 Å². The number of anilines is 1. The van der Waals surface area contributed by atoms with Crippen LogP contribution in [0.2, 0.25) is 0 Å². The van der Waals surface area contributed by atoms with Gasteiger partial charge in [0.15, 0.2) is 11.6 Å². The first-order chi connectivity index (χ1) is 12.3. The summed E-state index contributed by atoms with van der Waals surface area (Å²) in [5.41, 5.74) is 0.827. The molecule has 0 saturated heterocycles. The molecule has 0 aliphatic heterocycles. The molecule has 0 radical (unpaired) electrons. The molecule has 1 unspecified atom stereocenters. The van der Waals surface area contributed by atoms with E-state index in [2.05, 4.69) is 15.4 Å². The van der Waals surface area contributed by atoms with Crippen molar-refractivity contribution in [3.63, 3.8) is 0 Å². The number of nitrogens with one attached hydrogen (secondary N) is 2. The van der Waals surface area contributed by atoms with E-state index >= 15 is 0 Å². The van der Waals surface area contributed by atoms with E-state index in [-0.39, 0.29) is 18.0 Å². The van der Waals surface area contributed by atoms with Crippen LogP contribution in [-0.2, 0) is 9.59 Å². The standard InChI is InChI=1S/C18H17F3N2O3/c1-11(24)22-15(12-5-3-2-4-6-12)10-17(25)23-13-7-8-16(14(19)9-13)26-18(20)21/h2-9,15,18H,10H2,1H3,(H,22,24)(H,23,25). The van der Waals surface area contributed by atoms with Crippen molar-refractivity contribution in [1.82, 2.24) is 5.32 Å². The number of benzene rings is 2. The van der Waals surface area contributed by atoms with Gasteiger partial charge >= 0.3 is 6.61 Å². The van der Waals surface area contributed by atoms with Crippen LogP contribution in [0.4, 0.5) is 18.9 Å². The molecule has 2 N–H and O–H groups in total. The molecule has 5 nitrogen and oxygen atoms in total. The van der Waals surface area contributed by atoms with Crippen LogP contribution in [-0.4, -0.2) is 18.4 Å². The maximum Gasteiger partial charge on any atom is 0.387 e. The van der Waals surface area contributed by atoms with Crippen LogP contribution in [0.3, 0.4) is 0 Å². The Labute approximate surface area is 148 Å². The highest BCUT2D eigenvalue weighted by Gasteiger charge is 2.18. The summed E-state index contributed by atoms with van der Waals surface area (Å²) in [5.74, 6) is -2.41. The molecule has 2 aromatic rings. The Bertz CT molecular complexity index is 770. The highest BCUT2D eigenvalue weighted by molar-refractivity contribution is 5.91. The molecule has 8 heteroatoms. The molecular weight excluding hydrogens is 349 g/mol. The van der Waals surface area contributed by atoms with Gasteiger partial charge < -0.3 is 15.4 Å². The van der Waals surface area contributed by atoms with E-state index < -0.39 is 30.1 Å². The van der Waals surface area contributed by atoms with E-state index in [1.807, 2.05) is 0 Å². The van der Waals surface area contributed by atoms with E-state index in [1.165, 1.54) is 13.0 Å². The summed E-state index contributed by atoms with van der Waals surface area (Å²) in [5, 5.41) is 5.14. The second kappa shape index (κ2) is 8.89. The van der Waals surface area contributed by atoms with Crippen molar-refractivity contribution in [2.45, 2.75) is 26.0 Å². The number of carbonyl (C=O) groups is 2. The molecule has 138 valence electrons. The fraction of sp³-hybridized carbons (Fsp3) is 0.222. The van der Waals surface area contributed by atoms with E-state index in [9.17, 15) is 22.8 Å². The van der Waals surface area contributed by atoms with Crippen molar-refractivity contribution in [3.8, 4) is 5.75 Å². The molecule has 0 spiro atoms. The summed E-state index contributed by atoms with van der Waals surface area (Å²) in [6.45, 7) is -1.81. The Morgan fingerprint density at radius 3 is 2.38 bits per heavy atom. The van der Waals surface area contributed by atoms with Crippen LogP contribution in [0.1, 0.15) is 24.9 Å². The summed E-state index contributed by atoms with van der Waals surface area (Å²) in [4.78, 5) is 23.6. The third-order valence-electron chi connectivity index (χ3n) is 3.40. The van der Waals surface area contributed by atoms with Crippen LogP contribution >= 0.6 is 0 Å². The molecule has 2 aromatic carbocycles. The molecule has 2 amide bonds. The van der Waals surface area contributed by atoms with Gasteiger partial charge in [-0.1, -0.05) is 30.3 Å². The van der Waals surface area contributed by atoms with Crippen molar-refractivity contribution in [3.05, 3.63) is 59.9 Å². The van der Waals surface area contributed by atoms with E-state index in [0.29, 0.717) is 0 Å². The molecular formula is C18H17F3N2O3. The number of rotatable bonds is 7. The Balaban J connectivity index is 2.06. The van der Waals surface area contributed by atoms with Crippen LogP contribution in [0.25, 0.3) is 0 Å². The molecule has 0 fully saturated rings. The lowest BCUT2D eigenvalue weighted by Crippen LogP contribution is -2.29. The Hall–Kier alpha value is -3.03. The molecule has 0 saturated carbocycles. The molecule has 0 heterocycles. The van der Waals surface area contributed by atoms with Crippen molar-refractivity contribution in [1.29, 1.82) is 0 Å². The Kier molecular flexibility index (Phi) is 6.60. The number of hydrogen-bond acceptors (Lipinski definition) is 3. The van der Waals surface area contributed by atoms with Gasteiger partial charge in [-0.05, 0) is 17.7 Å². The topological polar surface area (TPSA) is 67.4 Å². The number of halogens is 3. The highest BCUT2D eigenvalue weighted by atomic mass is 19.3. The molecule has 2 rings (SSSR count). The normalized spacial score (nSPS) is 11.7. The fourth-order valence-corrected chi connectivity index (χ4v) is 2.35. The average Bonchev–Trinajstić information content (AvgIpc) is 2.57. The van der Waals surface area contributed by atoms with Crippen LogP contribution in [0.5, 0.6) is 5.75 Å². The number of carbonyl (C=O) groups excluding carboxylic acids is 2. The first-order valence-corrected chi connectivity index (χ1v) is 7.71. The number of alkyl halides is 2. The lowest BCUT2D eigenvalue weighted by atomic mass is 10.0. The van der Waals surface area contributed by atoms with E-state index in [0.717, 1.165) is 17.7 Å². The van der Waals surface area contributed by atoms with Gasteiger partial charge in [0.25, 0.3) is 0 Å². The summed E-state index contributed by atoms with van der Waals surface area (Å²) >= 11 is 0. The summed E-state index contributed by atoms with van der Waals surface area (Å²) in [6, 6.07) is 11.5. The third kappa shape index (κ3) is 5.80. The summed E-state index contributed by atoms with van der Waals surface area (Å²) in [6.07, 6.45) is -0.0828. The van der Waals surface area contributed by atoms with Crippen LogP contribution in [0, 0.1) is 5.82 Å². The zero-order chi connectivity index (χ0) is 19.1. The van der Waals surface area contributed by atoms with Gasteiger partial charge in [-0.15, -0.1) is 0 Å². The zero-order valence-electron chi connectivity index (χ0n) is 13.8. The van der Waals surface area contributed by atoms with Gasteiger partial charge in [0.2, 0.25) is 11.8 Å². The number of amides is 2. The first-order valence-electron chi connectivity index (χ1n) is 7.71. The molecule has 0 bridgehead atoms. The fourth-order valence-electron chi connectivity index (χ4n) is 2.35. The SMILES string of the molecule is CC(=O)NC(CC(=O)Nc1ccc(OC(F)F)c(F)c1)c1ccccc1. The second-order valence-electron chi connectivity index (χ2n) is 5.44. The maximum absolute atomic E-state index is 13.7. The van der Waals surface area contributed by atoms with Gasteiger partial charge in [0, 0.05) is 18.7 Å². The molecule has 1 atom stereocenters. The second-order valence-corrected chi connectivity index (χ2v) is 5.44. The van der Waals surface area contributed by atoms with Crippen molar-refractivity contribution in [2.24, 2.45) is 0 Å². The smallest absolute Gasteiger partial charge is 0.387 e. The molecule has 26 heavy (non-hydrogen) atoms. The zero-order valence-corrected chi connectivity index (χ0v) is 13.8. The largest absolute Gasteiger partial charge is 0.432 e. The van der Waals surface area contributed by atoms with Gasteiger partial charge in [-0.3, -0.25) is 9.59 Å². The number of hydrogen-bond donors (Lipinski definition) is 2. The van der Waals surface area contributed by atoms with E-state index in [1.54, 1.807) is 30.3 Å². The van der Waals surface area contributed by atoms with Gasteiger partial charge in [0.05, 0.1) is 12.5 Å².